The number of benzene rings is 1. The molecule has 1 N–H and O–H groups in total. The molecule has 1 heterocycles. The summed E-state index contributed by atoms with van der Waals surface area (Å²) < 4.78 is 5.45. The highest BCUT2D eigenvalue weighted by atomic mass is 16.5. The topological polar surface area (TPSA) is 24.5 Å². The van der Waals surface area contributed by atoms with Gasteiger partial charge in [-0.05, 0) is 18.9 Å². The molecule has 0 spiro atoms. The predicted octanol–water partition coefficient (Wildman–Crippen LogP) is 2.66. The van der Waals surface area contributed by atoms with Crippen LogP contribution < -0.4 is 10.1 Å². The molecule has 19 heavy (non-hydrogen) atoms. The van der Waals surface area contributed by atoms with Gasteiger partial charge >= 0.3 is 0 Å². The molecular formula is C16H26N2O. The molecule has 0 atom stereocenters. The van der Waals surface area contributed by atoms with Crippen LogP contribution in [-0.2, 0) is 6.54 Å². The van der Waals surface area contributed by atoms with E-state index >= 15 is 0 Å². The predicted molar refractivity (Wildman–Crippen MR) is 79.6 cm³/mol. The summed E-state index contributed by atoms with van der Waals surface area (Å²) in [6, 6.07) is 8.33. The first-order valence-corrected chi connectivity index (χ1v) is 7.32. The van der Waals surface area contributed by atoms with E-state index < -0.39 is 0 Å². The summed E-state index contributed by atoms with van der Waals surface area (Å²) in [6.07, 6.45) is 2.37. The molecule has 3 heteroatoms. The van der Waals surface area contributed by atoms with Crippen molar-refractivity contribution in [1.29, 1.82) is 0 Å². The second-order valence-corrected chi connectivity index (χ2v) is 5.44. The van der Waals surface area contributed by atoms with Crippen molar-refractivity contribution in [1.82, 2.24) is 10.2 Å². The molecule has 0 saturated carbocycles. The van der Waals surface area contributed by atoms with Gasteiger partial charge < -0.3 is 10.1 Å². The summed E-state index contributed by atoms with van der Waals surface area (Å²) in [6.45, 7) is 8.86. The highest BCUT2D eigenvalue weighted by Crippen LogP contribution is 2.24. The molecule has 1 aliphatic heterocycles. The van der Waals surface area contributed by atoms with E-state index in [4.69, 9.17) is 4.74 Å². The Labute approximate surface area is 116 Å². The van der Waals surface area contributed by atoms with Crippen molar-refractivity contribution < 1.29 is 4.74 Å². The third-order valence-electron chi connectivity index (χ3n) is 4.39. The average molecular weight is 262 g/mol. The molecule has 1 aromatic rings. The van der Waals surface area contributed by atoms with Crippen molar-refractivity contribution >= 4 is 0 Å². The van der Waals surface area contributed by atoms with Gasteiger partial charge in [-0.1, -0.05) is 32.0 Å². The summed E-state index contributed by atoms with van der Waals surface area (Å²) in [7, 11) is 1.75. The molecule has 0 aromatic heterocycles. The summed E-state index contributed by atoms with van der Waals surface area (Å²) >= 11 is 0. The lowest BCUT2D eigenvalue weighted by atomic mass is 9.90. The minimum Gasteiger partial charge on any atom is -0.496 e. The van der Waals surface area contributed by atoms with E-state index in [1.807, 2.05) is 12.1 Å². The van der Waals surface area contributed by atoms with Crippen LogP contribution >= 0.6 is 0 Å². The number of rotatable bonds is 5. The summed E-state index contributed by atoms with van der Waals surface area (Å²) in [5, 5.41) is 3.70. The van der Waals surface area contributed by atoms with Gasteiger partial charge in [0.1, 0.15) is 5.75 Å². The van der Waals surface area contributed by atoms with Gasteiger partial charge in [0.25, 0.3) is 0 Å². The third-order valence-corrected chi connectivity index (χ3v) is 4.39. The number of piperazine rings is 1. The molecule has 0 amide bonds. The van der Waals surface area contributed by atoms with Crippen LogP contribution in [0, 0.1) is 0 Å². The first kappa shape index (κ1) is 14.4. The molecule has 3 nitrogen and oxygen atoms in total. The zero-order chi connectivity index (χ0) is 13.7. The maximum atomic E-state index is 5.45. The fourth-order valence-corrected chi connectivity index (χ4v) is 2.98. The monoisotopic (exact) mass is 262 g/mol. The van der Waals surface area contributed by atoms with Gasteiger partial charge in [-0.15, -0.1) is 0 Å². The maximum absolute atomic E-state index is 5.45. The van der Waals surface area contributed by atoms with Crippen molar-refractivity contribution in [2.45, 2.75) is 38.8 Å². The quantitative estimate of drug-likeness (QED) is 0.883. The lowest BCUT2D eigenvalue weighted by Gasteiger charge is -2.43. The Morgan fingerprint density at radius 2 is 2.00 bits per heavy atom. The van der Waals surface area contributed by atoms with Crippen molar-refractivity contribution in [2.75, 3.05) is 26.7 Å². The van der Waals surface area contributed by atoms with Crippen molar-refractivity contribution in [2.24, 2.45) is 0 Å². The Morgan fingerprint density at radius 3 is 2.68 bits per heavy atom. The second-order valence-electron chi connectivity index (χ2n) is 5.44. The van der Waals surface area contributed by atoms with Gasteiger partial charge in [0.2, 0.25) is 0 Å². The minimum absolute atomic E-state index is 0.292. The highest BCUT2D eigenvalue weighted by molar-refractivity contribution is 5.33. The van der Waals surface area contributed by atoms with Crippen molar-refractivity contribution in [3.63, 3.8) is 0 Å². The molecule has 1 saturated heterocycles. The lowest BCUT2D eigenvalue weighted by Crippen LogP contribution is -2.59. The number of methoxy groups -OCH3 is 1. The summed E-state index contributed by atoms with van der Waals surface area (Å²) in [5.41, 5.74) is 1.58. The van der Waals surface area contributed by atoms with Gasteiger partial charge in [-0.2, -0.15) is 0 Å². The molecule has 1 aromatic carbocycles. The second kappa shape index (κ2) is 6.40. The van der Waals surface area contributed by atoms with E-state index in [2.05, 4.69) is 36.2 Å². The Morgan fingerprint density at radius 1 is 1.26 bits per heavy atom. The van der Waals surface area contributed by atoms with Crippen LogP contribution in [0.25, 0.3) is 0 Å². The van der Waals surface area contributed by atoms with Gasteiger partial charge in [0, 0.05) is 37.3 Å². The van der Waals surface area contributed by atoms with Crippen molar-refractivity contribution in [3.8, 4) is 5.75 Å². The smallest absolute Gasteiger partial charge is 0.123 e. The van der Waals surface area contributed by atoms with Crippen LogP contribution in [0.5, 0.6) is 5.75 Å². The number of ether oxygens (including phenoxy) is 1. The molecule has 1 aliphatic rings. The Hall–Kier alpha value is -1.06. The first-order valence-electron chi connectivity index (χ1n) is 7.32. The van der Waals surface area contributed by atoms with Gasteiger partial charge in [-0.3, -0.25) is 4.90 Å². The largest absolute Gasteiger partial charge is 0.496 e. The number of nitrogens with zero attached hydrogens (tertiary/aromatic N) is 1. The van der Waals surface area contributed by atoms with E-state index in [-0.39, 0.29) is 0 Å². The Balaban J connectivity index is 2.06. The molecule has 0 unspecified atom stereocenters. The van der Waals surface area contributed by atoms with Crippen LogP contribution in [0.3, 0.4) is 0 Å². The molecule has 106 valence electrons. The first-order chi connectivity index (χ1) is 9.23. The van der Waals surface area contributed by atoms with Gasteiger partial charge in [0.15, 0.2) is 0 Å². The zero-order valence-electron chi connectivity index (χ0n) is 12.4. The van der Waals surface area contributed by atoms with E-state index in [0.717, 1.165) is 31.9 Å². The maximum Gasteiger partial charge on any atom is 0.123 e. The number of nitrogens with one attached hydrogen (secondary N) is 1. The van der Waals surface area contributed by atoms with Crippen LogP contribution in [0.1, 0.15) is 32.3 Å². The molecule has 1 fully saturated rings. The normalized spacial score (nSPS) is 19.3. The third kappa shape index (κ3) is 3.28. The number of hydrogen-bond acceptors (Lipinski definition) is 3. The molecule has 0 aliphatic carbocycles. The molecule has 0 bridgehead atoms. The highest BCUT2D eigenvalue weighted by Gasteiger charge is 2.31. The molecule has 0 radical (unpaired) electrons. The Bertz CT molecular complexity index is 401. The van der Waals surface area contributed by atoms with Gasteiger partial charge in [0.05, 0.1) is 7.11 Å². The van der Waals surface area contributed by atoms with Gasteiger partial charge in [-0.25, -0.2) is 0 Å². The molecular weight excluding hydrogens is 236 g/mol. The average Bonchev–Trinajstić information content (AvgIpc) is 2.48. The fourth-order valence-electron chi connectivity index (χ4n) is 2.98. The SMILES string of the molecule is CCC1(CC)CN(Cc2ccccc2OC)CCN1. The van der Waals surface area contributed by atoms with E-state index in [1.165, 1.54) is 18.4 Å². The van der Waals surface area contributed by atoms with Crippen LogP contribution in [0.2, 0.25) is 0 Å². The van der Waals surface area contributed by atoms with E-state index in [0.29, 0.717) is 5.54 Å². The Kier molecular flexibility index (Phi) is 4.83. The summed E-state index contributed by atoms with van der Waals surface area (Å²) in [5.74, 6) is 1.000. The van der Waals surface area contributed by atoms with Crippen LogP contribution in [-0.4, -0.2) is 37.2 Å². The van der Waals surface area contributed by atoms with Crippen LogP contribution in [0.4, 0.5) is 0 Å². The van der Waals surface area contributed by atoms with Crippen molar-refractivity contribution in [3.05, 3.63) is 29.8 Å². The lowest BCUT2D eigenvalue weighted by molar-refractivity contribution is 0.117. The van der Waals surface area contributed by atoms with E-state index in [9.17, 15) is 0 Å². The number of para-hydroxylation sites is 1. The van der Waals surface area contributed by atoms with E-state index in [1.54, 1.807) is 7.11 Å². The van der Waals surface area contributed by atoms with Crippen LogP contribution in [0.15, 0.2) is 24.3 Å². The summed E-state index contributed by atoms with van der Waals surface area (Å²) in [4.78, 5) is 2.54. The molecule has 2 rings (SSSR count). The standard InChI is InChI=1S/C16H26N2O/c1-4-16(5-2)13-18(11-10-17-16)12-14-8-6-7-9-15(14)19-3/h6-9,17H,4-5,10-13H2,1-3H3. The fraction of sp³-hybridized carbons (Fsp3) is 0.625. The zero-order valence-corrected chi connectivity index (χ0v) is 12.4. The minimum atomic E-state index is 0.292. The number of hydrogen-bond donors (Lipinski definition) is 1.